The van der Waals surface area contributed by atoms with Gasteiger partial charge in [0.25, 0.3) is 0 Å². The minimum Gasteiger partial charge on any atom is -0.301 e. The molecule has 0 amide bonds. The number of nitrogens with zero attached hydrogens (tertiary/aromatic N) is 3. The summed E-state index contributed by atoms with van der Waals surface area (Å²) in [5.74, 6) is 0. The van der Waals surface area contributed by atoms with Crippen molar-refractivity contribution in [2.24, 2.45) is 0 Å². The van der Waals surface area contributed by atoms with Crippen LogP contribution in [0.15, 0.2) is 76.6 Å². The quantitative estimate of drug-likeness (QED) is 0.255. The predicted molar refractivity (Wildman–Crippen MR) is 118 cm³/mol. The first-order valence-electron chi connectivity index (χ1n) is 9.01. The van der Waals surface area contributed by atoms with E-state index in [1.807, 2.05) is 17.8 Å². The van der Waals surface area contributed by atoms with Crippen molar-refractivity contribution >= 4 is 38.7 Å². The highest BCUT2D eigenvalue weighted by molar-refractivity contribution is 9.10. The van der Waals surface area contributed by atoms with Crippen molar-refractivity contribution in [2.75, 3.05) is 0 Å². The molecule has 0 radical (unpaired) electrons. The lowest BCUT2D eigenvalue weighted by molar-refractivity contribution is 0.901. The standard InChI is InChI=1S/C22H20BrN3S/c1-3-15(2)27-22-20-19(16-7-5-4-6-8-16)13-26(21(20)24-14-25-22)18-11-9-17(23)10-12-18/h4-15H,3H2,1-2H3/t15-/m0/s1. The van der Waals surface area contributed by atoms with Crippen molar-refractivity contribution in [2.45, 2.75) is 30.5 Å². The Kier molecular flexibility index (Phi) is 5.32. The van der Waals surface area contributed by atoms with Crippen LogP contribution in [0.3, 0.4) is 0 Å². The second kappa shape index (κ2) is 7.87. The summed E-state index contributed by atoms with van der Waals surface area (Å²) in [6.07, 6.45) is 4.96. The van der Waals surface area contributed by atoms with Crippen molar-refractivity contribution in [3.63, 3.8) is 0 Å². The van der Waals surface area contributed by atoms with Gasteiger partial charge in [0, 0.05) is 27.2 Å². The van der Waals surface area contributed by atoms with Crippen LogP contribution >= 0.6 is 27.7 Å². The van der Waals surface area contributed by atoms with E-state index in [2.05, 4.69) is 99.0 Å². The molecule has 0 aliphatic heterocycles. The smallest absolute Gasteiger partial charge is 0.149 e. The van der Waals surface area contributed by atoms with Crippen LogP contribution in [0, 0.1) is 0 Å². The summed E-state index contributed by atoms with van der Waals surface area (Å²) < 4.78 is 3.22. The van der Waals surface area contributed by atoms with E-state index in [0.717, 1.165) is 32.6 Å². The molecule has 4 aromatic rings. The van der Waals surface area contributed by atoms with E-state index in [9.17, 15) is 0 Å². The van der Waals surface area contributed by atoms with Gasteiger partial charge in [0.2, 0.25) is 0 Å². The summed E-state index contributed by atoms with van der Waals surface area (Å²) in [4.78, 5) is 9.28. The van der Waals surface area contributed by atoms with Crippen LogP contribution in [0.4, 0.5) is 0 Å². The molecule has 27 heavy (non-hydrogen) atoms. The monoisotopic (exact) mass is 437 g/mol. The van der Waals surface area contributed by atoms with Crippen LogP contribution in [0.2, 0.25) is 0 Å². The zero-order valence-electron chi connectivity index (χ0n) is 15.3. The number of benzene rings is 2. The number of fused-ring (bicyclic) bond motifs is 1. The predicted octanol–water partition coefficient (Wildman–Crippen LogP) is 6.74. The van der Waals surface area contributed by atoms with Gasteiger partial charge in [-0.05, 0) is 36.2 Å². The Morgan fingerprint density at radius 1 is 1.04 bits per heavy atom. The third-order valence-corrected chi connectivity index (χ3v) is 6.42. The normalized spacial score (nSPS) is 12.4. The highest BCUT2D eigenvalue weighted by Crippen LogP contribution is 2.38. The fourth-order valence-electron chi connectivity index (χ4n) is 3.03. The number of aromatic nitrogens is 3. The van der Waals surface area contributed by atoms with Crippen molar-refractivity contribution in [1.82, 2.24) is 14.5 Å². The lowest BCUT2D eigenvalue weighted by atomic mass is 10.1. The van der Waals surface area contributed by atoms with Gasteiger partial charge in [-0.15, -0.1) is 11.8 Å². The maximum atomic E-state index is 4.65. The average Bonchev–Trinajstić information content (AvgIpc) is 3.10. The van der Waals surface area contributed by atoms with Gasteiger partial charge < -0.3 is 4.57 Å². The number of hydrogen-bond acceptors (Lipinski definition) is 3. The Bertz CT molecular complexity index is 1060. The molecular weight excluding hydrogens is 418 g/mol. The molecule has 2 aromatic heterocycles. The molecule has 0 aliphatic carbocycles. The zero-order chi connectivity index (χ0) is 18.8. The van der Waals surface area contributed by atoms with Crippen molar-refractivity contribution in [3.05, 3.63) is 71.6 Å². The Hall–Kier alpha value is -2.11. The van der Waals surface area contributed by atoms with Gasteiger partial charge in [-0.3, -0.25) is 0 Å². The van der Waals surface area contributed by atoms with E-state index in [4.69, 9.17) is 0 Å². The Balaban J connectivity index is 1.98. The highest BCUT2D eigenvalue weighted by atomic mass is 79.9. The first kappa shape index (κ1) is 18.3. The number of halogens is 1. The van der Waals surface area contributed by atoms with Crippen molar-refractivity contribution in [3.8, 4) is 16.8 Å². The molecule has 4 rings (SSSR count). The molecule has 0 saturated carbocycles. The van der Waals surface area contributed by atoms with Gasteiger partial charge >= 0.3 is 0 Å². The van der Waals surface area contributed by atoms with E-state index in [-0.39, 0.29) is 0 Å². The van der Waals surface area contributed by atoms with E-state index >= 15 is 0 Å². The molecule has 0 fully saturated rings. The Morgan fingerprint density at radius 3 is 2.48 bits per heavy atom. The minimum atomic E-state index is 0.503. The van der Waals surface area contributed by atoms with E-state index in [1.165, 1.54) is 11.1 Å². The lowest BCUT2D eigenvalue weighted by Crippen LogP contribution is -1.97. The number of thioether (sulfide) groups is 1. The first-order chi connectivity index (χ1) is 13.2. The minimum absolute atomic E-state index is 0.503. The molecular formula is C22H20BrN3S. The van der Waals surface area contributed by atoms with Gasteiger partial charge in [0.05, 0.1) is 5.39 Å². The Labute approximate surface area is 172 Å². The summed E-state index contributed by atoms with van der Waals surface area (Å²) in [5.41, 5.74) is 4.37. The molecule has 0 N–H and O–H groups in total. The summed E-state index contributed by atoms with van der Waals surface area (Å²) in [6, 6.07) is 18.8. The molecule has 0 saturated heterocycles. The maximum absolute atomic E-state index is 4.65. The third-order valence-electron chi connectivity index (χ3n) is 4.63. The molecule has 3 nitrogen and oxygen atoms in total. The summed E-state index contributed by atoms with van der Waals surface area (Å²) >= 11 is 5.34. The molecule has 0 spiro atoms. The second-order valence-electron chi connectivity index (χ2n) is 6.47. The summed E-state index contributed by atoms with van der Waals surface area (Å²) in [7, 11) is 0. The van der Waals surface area contributed by atoms with Gasteiger partial charge in [0.1, 0.15) is 17.0 Å². The molecule has 2 heterocycles. The molecule has 136 valence electrons. The molecule has 5 heteroatoms. The summed E-state index contributed by atoms with van der Waals surface area (Å²) in [6.45, 7) is 4.45. The maximum Gasteiger partial charge on any atom is 0.149 e. The average molecular weight is 438 g/mol. The lowest BCUT2D eigenvalue weighted by Gasteiger charge is -2.10. The fourth-order valence-corrected chi connectivity index (χ4v) is 4.27. The van der Waals surface area contributed by atoms with Gasteiger partial charge in [-0.2, -0.15) is 0 Å². The van der Waals surface area contributed by atoms with Crippen LogP contribution in [0.1, 0.15) is 20.3 Å². The van der Waals surface area contributed by atoms with Crippen LogP contribution in [-0.2, 0) is 0 Å². The number of hydrogen-bond donors (Lipinski definition) is 0. The van der Waals surface area contributed by atoms with Gasteiger partial charge in [0.15, 0.2) is 0 Å². The van der Waals surface area contributed by atoms with E-state index in [0.29, 0.717) is 5.25 Å². The second-order valence-corrected chi connectivity index (χ2v) is 8.81. The fraction of sp³-hybridized carbons (Fsp3) is 0.182. The highest BCUT2D eigenvalue weighted by Gasteiger charge is 2.18. The molecule has 0 bridgehead atoms. The molecule has 1 atom stereocenters. The zero-order valence-corrected chi connectivity index (χ0v) is 17.7. The molecule has 0 unspecified atom stereocenters. The third kappa shape index (κ3) is 3.66. The van der Waals surface area contributed by atoms with Gasteiger partial charge in [-0.1, -0.05) is 60.1 Å². The van der Waals surface area contributed by atoms with E-state index < -0.39 is 0 Å². The largest absolute Gasteiger partial charge is 0.301 e. The number of rotatable bonds is 5. The SMILES string of the molecule is CC[C@H](C)Sc1ncnc2c1c(-c1ccccc1)cn2-c1ccc(Br)cc1. The molecule has 0 aliphatic rings. The Morgan fingerprint density at radius 2 is 1.78 bits per heavy atom. The first-order valence-corrected chi connectivity index (χ1v) is 10.7. The van der Waals surface area contributed by atoms with Crippen LogP contribution in [0.25, 0.3) is 27.8 Å². The van der Waals surface area contributed by atoms with Crippen LogP contribution < -0.4 is 0 Å². The topological polar surface area (TPSA) is 30.7 Å². The van der Waals surface area contributed by atoms with Gasteiger partial charge in [-0.25, -0.2) is 9.97 Å². The van der Waals surface area contributed by atoms with Crippen LogP contribution in [-0.4, -0.2) is 19.8 Å². The van der Waals surface area contributed by atoms with Crippen LogP contribution in [0.5, 0.6) is 0 Å². The van der Waals surface area contributed by atoms with Crippen molar-refractivity contribution in [1.29, 1.82) is 0 Å². The van der Waals surface area contributed by atoms with E-state index in [1.54, 1.807) is 6.33 Å². The van der Waals surface area contributed by atoms with Crippen molar-refractivity contribution < 1.29 is 0 Å². The summed E-state index contributed by atoms with van der Waals surface area (Å²) in [5, 5.41) is 2.67. The molecule has 2 aromatic carbocycles.